The van der Waals surface area contributed by atoms with Gasteiger partial charge in [0, 0.05) is 37.2 Å². The number of hydrogen-bond donors (Lipinski definition) is 2. The highest BCUT2D eigenvalue weighted by Crippen LogP contribution is 2.45. The lowest BCUT2D eigenvalue weighted by Gasteiger charge is -2.27. The van der Waals surface area contributed by atoms with Gasteiger partial charge >= 0.3 is 6.09 Å². The number of nitrogens with one attached hydrogen (secondary N) is 2. The molecule has 2 N–H and O–H groups in total. The lowest BCUT2D eigenvalue weighted by atomic mass is 9.95. The summed E-state index contributed by atoms with van der Waals surface area (Å²) in [7, 11) is 0. The fourth-order valence-electron chi connectivity index (χ4n) is 4.88. The number of carbonyl (C=O) groups is 1. The molecule has 1 saturated heterocycles. The van der Waals surface area contributed by atoms with Gasteiger partial charge < -0.3 is 20.1 Å². The van der Waals surface area contributed by atoms with Crippen LogP contribution in [0.5, 0.6) is 5.88 Å². The predicted molar refractivity (Wildman–Crippen MR) is 130 cm³/mol. The van der Waals surface area contributed by atoms with Crippen LogP contribution in [0.4, 0.5) is 4.79 Å². The maximum atomic E-state index is 12.6. The molecule has 8 heteroatoms. The Balaban J connectivity index is 1.23. The first-order chi connectivity index (χ1) is 17.0. The third-order valence-electron chi connectivity index (χ3n) is 7.29. The summed E-state index contributed by atoms with van der Waals surface area (Å²) in [4.78, 5) is 17.4. The normalized spacial score (nSPS) is 23.0. The monoisotopic (exact) mass is 473 g/mol. The molecule has 3 aromatic rings. The number of carbonyl (C=O) groups excluding carboxylic acids is 1. The molecule has 1 aromatic carbocycles. The van der Waals surface area contributed by atoms with Gasteiger partial charge in [-0.25, -0.2) is 9.48 Å². The van der Waals surface area contributed by atoms with E-state index >= 15 is 0 Å². The summed E-state index contributed by atoms with van der Waals surface area (Å²) >= 11 is 0. The molecule has 3 heterocycles. The molecule has 182 valence electrons. The van der Waals surface area contributed by atoms with Crippen LogP contribution in [-0.4, -0.2) is 40.1 Å². The molecule has 1 unspecified atom stereocenters. The summed E-state index contributed by atoms with van der Waals surface area (Å²) < 4.78 is 13.6. The van der Waals surface area contributed by atoms with E-state index < -0.39 is 11.6 Å². The van der Waals surface area contributed by atoms with Crippen molar-refractivity contribution in [2.45, 2.75) is 50.9 Å². The van der Waals surface area contributed by atoms with E-state index in [1.165, 1.54) is 18.4 Å². The van der Waals surface area contributed by atoms with Gasteiger partial charge in [0.2, 0.25) is 5.88 Å². The van der Waals surface area contributed by atoms with Crippen LogP contribution in [-0.2, 0) is 16.9 Å². The Labute approximate surface area is 205 Å². The summed E-state index contributed by atoms with van der Waals surface area (Å²) in [6, 6.07) is 13.5. The van der Waals surface area contributed by atoms with Gasteiger partial charge in [0.05, 0.1) is 11.7 Å². The second-order valence-corrected chi connectivity index (χ2v) is 10.4. The van der Waals surface area contributed by atoms with Crippen LogP contribution in [0.2, 0.25) is 0 Å². The highest BCUT2D eigenvalue weighted by atomic mass is 16.5. The molecule has 2 aromatic heterocycles. The minimum Gasteiger partial charge on any atom is -0.474 e. The van der Waals surface area contributed by atoms with Gasteiger partial charge in [-0.2, -0.15) is 10.1 Å². The van der Waals surface area contributed by atoms with Crippen LogP contribution in [0.15, 0.2) is 54.9 Å². The number of piperidine rings is 1. The molecule has 0 bridgehead atoms. The number of hydrogen-bond acceptors (Lipinski definition) is 6. The molecule has 3 fully saturated rings. The summed E-state index contributed by atoms with van der Waals surface area (Å²) in [5, 5.41) is 11.0. The molecule has 2 aliphatic carbocycles. The number of pyridine rings is 1. The van der Waals surface area contributed by atoms with Crippen LogP contribution >= 0.6 is 0 Å². The van der Waals surface area contributed by atoms with Gasteiger partial charge in [0.1, 0.15) is 12.7 Å². The number of alkyl carbamates (subject to hydrolysis) is 1. The zero-order valence-corrected chi connectivity index (χ0v) is 20.1. The smallest absolute Gasteiger partial charge is 0.408 e. The number of benzene rings is 1. The Kier molecular flexibility index (Phi) is 5.48. The number of fused-ring (bicyclic) bond motifs is 1. The quantitative estimate of drug-likeness (QED) is 0.516. The van der Waals surface area contributed by atoms with Crippen molar-refractivity contribution in [1.29, 1.82) is 0 Å². The fraction of sp³-hybridized carbons (Fsp3) is 0.444. The maximum Gasteiger partial charge on any atom is 0.408 e. The molecule has 0 radical (unpaired) electrons. The second kappa shape index (κ2) is 8.68. The van der Waals surface area contributed by atoms with E-state index in [0.717, 1.165) is 24.2 Å². The molecule has 2 saturated carbocycles. The lowest BCUT2D eigenvalue weighted by molar-refractivity contribution is 0.129. The Morgan fingerprint density at radius 2 is 1.94 bits per heavy atom. The first-order valence-corrected chi connectivity index (χ1v) is 12.4. The van der Waals surface area contributed by atoms with Crippen LogP contribution in [0.1, 0.15) is 49.3 Å². The molecule has 3 aliphatic rings. The number of aromatic nitrogens is 3. The van der Waals surface area contributed by atoms with E-state index in [1.54, 1.807) is 0 Å². The molecule has 6 rings (SSSR count). The van der Waals surface area contributed by atoms with Crippen molar-refractivity contribution in [3.05, 3.63) is 71.5 Å². The third kappa shape index (κ3) is 4.75. The standard InChI is InChI=1S/C27H31N5O3/c1-27(2,31-26(33)34-16-17-6-4-3-5-7-17)20-10-23(32-15-19(12-29-32)18-8-9-18)30-24(11-20)35-25-21-13-28-14-22(21)25/h3-7,10-12,15,18,21-22,25,28H,8-9,13-14,16H2,1-2H3,(H,31,33)/t21-,22+,25?. The van der Waals surface area contributed by atoms with Crippen molar-refractivity contribution < 1.29 is 14.3 Å². The van der Waals surface area contributed by atoms with E-state index in [9.17, 15) is 4.79 Å². The zero-order valence-electron chi connectivity index (χ0n) is 20.1. The van der Waals surface area contributed by atoms with Gasteiger partial charge in [0.15, 0.2) is 5.82 Å². The highest BCUT2D eigenvalue weighted by Gasteiger charge is 2.55. The van der Waals surface area contributed by atoms with Crippen molar-refractivity contribution in [2.75, 3.05) is 13.1 Å². The molecule has 3 atom stereocenters. The van der Waals surface area contributed by atoms with Gasteiger partial charge in [-0.3, -0.25) is 0 Å². The van der Waals surface area contributed by atoms with Crippen LogP contribution < -0.4 is 15.4 Å². The molecule has 1 amide bonds. The van der Waals surface area contributed by atoms with Crippen molar-refractivity contribution in [3.63, 3.8) is 0 Å². The van der Waals surface area contributed by atoms with E-state index in [1.807, 2.05) is 67.2 Å². The minimum absolute atomic E-state index is 0.193. The molecule has 1 aliphatic heterocycles. The van der Waals surface area contributed by atoms with Gasteiger partial charge in [-0.05, 0) is 55.4 Å². The maximum absolute atomic E-state index is 12.6. The highest BCUT2D eigenvalue weighted by molar-refractivity contribution is 5.68. The predicted octanol–water partition coefficient (Wildman–Crippen LogP) is 3.90. The topological polar surface area (TPSA) is 90.3 Å². The summed E-state index contributed by atoms with van der Waals surface area (Å²) in [5.41, 5.74) is 2.35. The fourth-order valence-corrected chi connectivity index (χ4v) is 4.88. The Bertz CT molecular complexity index is 1210. The van der Waals surface area contributed by atoms with Crippen molar-refractivity contribution in [2.24, 2.45) is 11.8 Å². The zero-order chi connectivity index (χ0) is 24.0. The number of ether oxygens (including phenoxy) is 2. The van der Waals surface area contributed by atoms with Crippen LogP contribution in [0.25, 0.3) is 5.82 Å². The van der Waals surface area contributed by atoms with Crippen LogP contribution in [0, 0.1) is 11.8 Å². The Morgan fingerprint density at radius 3 is 2.69 bits per heavy atom. The van der Waals surface area contributed by atoms with Crippen molar-refractivity contribution >= 4 is 6.09 Å². The first kappa shape index (κ1) is 22.1. The lowest BCUT2D eigenvalue weighted by Crippen LogP contribution is -2.41. The van der Waals surface area contributed by atoms with E-state index in [2.05, 4.69) is 21.9 Å². The van der Waals surface area contributed by atoms with Gasteiger partial charge in [0.25, 0.3) is 0 Å². The van der Waals surface area contributed by atoms with Gasteiger partial charge in [-0.15, -0.1) is 0 Å². The van der Waals surface area contributed by atoms with Crippen molar-refractivity contribution in [3.8, 4) is 11.7 Å². The van der Waals surface area contributed by atoms with E-state index in [4.69, 9.17) is 14.5 Å². The number of rotatable bonds is 8. The number of nitrogens with zero attached hydrogens (tertiary/aromatic N) is 3. The third-order valence-corrected chi connectivity index (χ3v) is 7.29. The second-order valence-electron chi connectivity index (χ2n) is 10.4. The average molecular weight is 474 g/mol. The number of amides is 1. The van der Waals surface area contributed by atoms with E-state index in [0.29, 0.717) is 29.5 Å². The Hall–Kier alpha value is -3.39. The Morgan fingerprint density at radius 1 is 1.17 bits per heavy atom. The minimum atomic E-state index is -0.711. The molecule has 35 heavy (non-hydrogen) atoms. The molecule has 0 spiro atoms. The SMILES string of the molecule is CC(C)(NC(=O)OCc1ccccc1)c1cc(OC2[C@H]3CNC[C@@H]23)nc(-n2cc(C3CC3)cn2)c1. The van der Waals surface area contributed by atoms with Crippen LogP contribution in [0.3, 0.4) is 0 Å². The molecular weight excluding hydrogens is 442 g/mol. The largest absolute Gasteiger partial charge is 0.474 e. The summed E-state index contributed by atoms with van der Waals surface area (Å²) in [6.07, 6.45) is 6.13. The van der Waals surface area contributed by atoms with E-state index in [-0.39, 0.29) is 12.7 Å². The average Bonchev–Trinajstić information content (AvgIpc) is 3.67. The van der Waals surface area contributed by atoms with Gasteiger partial charge in [-0.1, -0.05) is 30.3 Å². The van der Waals surface area contributed by atoms with Crippen molar-refractivity contribution in [1.82, 2.24) is 25.4 Å². The molecule has 8 nitrogen and oxygen atoms in total. The summed E-state index contributed by atoms with van der Waals surface area (Å²) in [5.74, 6) is 2.95. The first-order valence-electron chi connectivity index (χ1n) is 12.4. The summed E-state index contributed by atoms with van der Waals surface area (Å²) in [6.45, 7) is 6.11. The molecular formula is C27H31N5O3.